The van der Waals surface area contributed by atoms with E-state index >= 15 is 0 Å². The summed E-state index contributed by atoms with van der Waals surface area (Å²) >= 11 is 1.49. The van der Waals surface area contributed by atoms with Crippen molar-refractivity contribution in [3.05, 3.63) is 53.0 Å². The van der Waals surface area contributed by atoms with E-state index in [1.54, 1.807) is 30.2 Å². The van der Waals surface area contributed by atoms with Crippen molar-refractivity contribution in [1.82, 2.24) is 14.5 Å². The molecule has 0 atom stereocenters. The predicted octanol–water partition coefficient (Wildman–Crippen LogP) is 3.28. The number of methoxy groups -OCH3 is 1. The molecule has 160 valence electrons. The smallest absolute Gasteiger partial charge is 0.420 e. The second-order valence-electron chi connectivity index (χ2n) is 7.43. The van der Waals surface area contributed by atoms with E-state index in [0.717, 1.165) is 16.0 Å². The Balaban J connectivity index is 1.20. The van der Waals surface area contributed by atoms with Gasteiger partial charge in [0.15, 0.2) is 5.58 Å². The zero-order valence-electron chi connectivity index (χ0n) is 16.9. The number of hydrogen-bond donors (Lipinski definition) is 0. The fourth-order valence-corrected chi connectivity index (χ4v) is 4.74. The molecule has 0 radical (unpaired) electrons. The Kier molecular flexibility index (Phi) is 5.11. The van der Waals surface area contributed by atoms with Crippen LogP contribution in [-0.4, -0.2) is 46.7 Å². The summed E-state index contributed by atoms with van der Waals surface area (Å²) in [5.74, 6) is 0.179. The quantitative estimate of drug-likeness (QED) is 0.474. The molecule has 0 spiro atoms. The molecule has 1 amide bonds. The van der Waals surface area contributed by atoms with E-state index in [1.165, 1.54) is 15.9 Å². The molecule has 9 heteroatoms. The summed E-state index contributed by atoms with van der Waals surface area (Å²) in [6, 6.07) is 12.9. The van der Waals surface area contributed by atoms with E-state index in [9.17, 15) is 9.59 Å². The molecule has 4 aromatic rings. The Labute approximate surface area is 181 Å². The normalized spacial score (nSPS) is 14.9. The van der Waals surface area contributed by atoms with Crippen molar-refractivity contribution in [2.45, 2.75) is 25.5 Å². The summed E-state index contributed by atoms with van der Waals surface area (Å²) in [5, 5.41) is 0.629. The fraction of sp³-hybridized carbons (Fsp3) is 0.318. The minimum absolute atomic E-state index is 0.00369. The minimum Gasteiger partial charge on any atom is -0.497 e. The number of oxazole rings is 1. The van der Waals surface area contributed by atoms with Crippen LogP contribution in [0.15, 0.2) is 51.7 Å². The number of fused-ring (bicyclic) bond motifs is 2. The van der Waals surface area contributed by atoms with Gasteiger partial charge in [0.25, 0.3) is 5.19 Å². The van der Waals surface area contributed by atoms with Crippen molar-refractivity contribution in [3.63, 3.8) is 0 Å². The van der Waals surface area contributed by atoms with Gasteiger partial charge in [-0.05, 0) is 30.3 Å². The largest absolute Gasteiger partial charge is 0.497 e. The second-order valence-corrected chi connectivity index (χ2v) is 8.43. The lowest BCUT2D eigenvalue weighted by Gasteiger charge is -2.31. The average Bonchev–Trinajstić information content (AvgIpc) is 3.33. The van der Waals surface area contributed by atoms with Gasteiger partial charge in [-0.25, -0.2) is 9.78 Å². The van der Waals surface area contributed by atoms with Crippen molar-refractivity contribution in [1.29, 1.82) is 0 Å². The van der Waals surface area contributed by atoms with E-state index < -0.39 is 5.76 Å². The summed E-state index contributed by atoms with van der Waals surface area (Å²) < 4.78 is 19.0. The van der Waals surface area contributed by atoms with E-state index in [-0.39, 0.29) is 18.6 Å². The molecule has 1 saturated heterocycles. The van der Waals surface area contributed by atoms with Crippen molar-refractivity contribution < 1.29 is 18.7 Å². The van der Waals surface area contributed by atoms with Crippen molar-refractivity contribution >= 4 is 38.6 Å². The molecule has 8 nitrogen and oxygen atoms in total. The van der Waals surface area contributed by atoms with Gasteiger partial charge in [0.05, 0.1) is 22.8 Å². The van der Waals surface area contributed by atoms with E-state index in [2.05, 4.69) is 4.98 Å². The van der Waals surface area contributed by atoms with Crippen LogP contribution in [0.5, 0.6) is 10.9 Å². The Hall–Kier alpha value is -3.33. The van der Waals surface area contributed by atoms with Crippen LogP contribution < -0.4 is 15.2 Å². The molecule has 0 N–H and O–H groups in total. The van der Waals surface area contributed by atoms with E-state index in [1.807, 2.05) is 24.3 Å². The van der Waals surface area contributed by atoms with Gasteiger partial charge in [-0.1, -0.05) is 23.5 Å². The van der Waals surface area contributed by atoms with Crippen molar-refractivity contribution in [2.75, 3.05) is 20.2 Å². The first-order valence-electron chi connectivity index (χ1n) is 10.1. The molecule has 0 bridgehead atoms. The maximum atomic E-state index is 12.8. The molecule has 1 fully saturated rings. The van der Waals surface area contributed by atoms with E-state index in [4.69, 9.17) is 13.9 Å². The number of benzene rings is 2. The molecule has 2 aromatic heterocycles. The number of piperidine rings is 1. The number of amides is 1. The first-order chi connectivity index (χ1) is 15.1. The van der Waals surface area contributed by atoms with Crippen LogP contribution in [0.1, 0.15) is 12.8 Å². The molecular formula is C22H21N3O5S. The lowest BCUT2D eigenvalue weighted by atomic mass is 10.1. The first kappa shape index (κ1) is 19.6. The van der Waals surface area contributed by atoms with Gasteiger partial charge in [0.1, 0.15) is 18.4 Å². The molecule has 1 aliphatic heterocycles. The number of nitrogens with zero attached hydrogens (tertiary/aromatic N) is 3. The van der Waals surface area contributed by atoms with Crippen LogP contribution in [0.4, 0.5) is 0 Å². The Bertz CT molecular complexity index is 1300. The molecule has 31 heavy (non-hydrogen) atoms. The van der Waals surface area contributed by atoms with Crippen LogP contribution in [-0.2, 0) is 11.3 Å². The zero-order chi connectivity index (χ0) is 21.4. The van der Waals surface area contributed by atoms with Gasteiger partial charge in [0.2, 0.25) is 5.91 Å². The average molecular weight is 439 g/mol. The summed E-state index contributed by atoms with van der Waals surface area (Å²) in [6.07, 6.45) is 1.43. The standard InChI is InChI=1S/C22H21N3O5S/c1-28-15-6-7-16-19(12-15)31-21(23-16)29-14-8-10-24(11-9-14)20(26)13-25-17-4-2-3-5-18(17)30-22(25)27/h2-7,12,14H,8-11,13H2,1H3. The van der Waals surface area contributed by atoms with Gasteiger partial charge in [0, 0.05) is 25.9 Å². The van der Waals surface area contributed by atoms with Crippen LogP contribution in [0.2, 0.25) is 0 Å². The molecule has 2 aromatic carbocycles. The predicted molar refractivity (Wildman–Crippen MR) is 117 cm³/mol. The number of para-hydroxylation sites is 2. The lowest BCUT2D eigenvalue weighted by molar-refractivity contribution is -0.133. The van der Waals surface area contributed by atoms with Crippen LogP contribution in [0, 0.1) is 0 Å². The number of carbonyl (C=O) groups excluding carboxylic acids is 1. The minimum atomic E-state index is -0.514. The molecule has 3 heterocycles. The molecule has 1 aliphatic rings. The SMILES string of the molecule is COc1ccc2nc(OC3CCN(C(=O)Cn4c(=O)oc5ccccc54)CC3)sc2c1. The summed E-state index contributed by atoms with van der Waals surface area (Å²) in [5.41, 5.74) is 2.00. The van der Waals surface area contributed by atoms with Crippen LogP contribution in [0.3, 0.4) is 0 Å². The highest BCUT2D eigenvalue weighted by atomic mass is 32.1. The molecule has 5 rings (SSSR count). The highest BCUT2D eigenvalue weighted by molar-refractivity contribution is 7.20. The molecule has 0 unspecified atom stereocenters. The number of rotatable bonds is 5. The third kappa shape index (κ3) is 3.88. The second kappa shape index (κ2) is 8.07. The summed E-state index contributed by atoms with van der Waals surface area (Å²) in [7, 11) is 1.64. The van der Waals surface area contributed by atoms with E-state index in [0.29, 0.717) is 42.2 Å². The van der Waals surface area contributed by atoms with Gasteiger partial charge in [-0.3, -0.25) is 9.36 Å². The number of carbonyl (C=O) groups is 1. The van der Waals surface area contributed by atoms with Gasteiger partial charge >= 0.3 is 5.76 Å². The molecule has 0 aliphatic carbocycles. The molecule has 0 saturated carbocycles. The number of hydrogen-bond acceptors (Lipinski definition) is 7. The Morgan fingerprint density at radius 2 is 2.03 bits per heavy atom. The first-order valence-corrected chi connectivity index (χ1v) is 10.9. The third-order valence-corrected chi connectivity index (χ3v) is 6.41. The highest BCUT2D eigenvalue weighted by Gasteiger charge is 2.26. The van der Waals surface area contributed by atoms with Crippen LogP contribution >= 0.6 is 11.3 Å². The number of thiazole rings is 1. The Morgan fingerprint density at radius 1 is 1.23 bits per heavy atom. The topological polar surface area (TPSA) is 86.8 Å². The number of likely N-dealkylation sites (tertiary alicyclic amines) is 1. The van der Waals surface area contributed by atoms with Crippen LogP contribution in [0.25, 0.3) is 21.3 Å². The maximum Gasteiger partial charge on any atom is 0.420 e. The van der Waals surface area contributed by atoms with Crippen molar-refractivity contribution in [3.8, 4) is 10.9 Å². The monoisotopic (exact) mass is 439 g/mol. The third-order valence-electron chi connectivity index (χ3n) is 5.51. The summed E-state index contributed by atoms with van der Waals surface area (Å²) in [6.45, 7) is 1.13. The number of aromatic nitrogens is 2. The Morgan fingerprint density at radius 3 is 2.84 bits per heavy atom. The van der Waals surface area contributed by atoms with Gasteiger partial charge in [-0.15, -0.1) is 0 Å². The maximum absolute atomic E-state index is 12.8. The molecular weight excluding hydrogens is 418 g/mol. The van der Waals surface area contributed by atoms with Crippen molar-refractivity contribution in [2.24, 2.45) is 0 Å². The van der Waals surface area contributed by atoms with Gasteiger partial charge < -0.3 is 18.8 Å². The fourth-order valence-electron chi connectivity index (χ4n) is 3.83. The zero-order valence-corrected chi connectivity index (χ0v) is 17.8. The number of ether oxygens (including phenoxy) is 2. The van der Waals surface area contributed by atoms with Gasteiger partial charge in [-0.2, -0.15) is 0 Å². The highest BCUT2D eigenvalue weighted by Crippen LogP contribution is 2.32. The summed E-state index contributed by atoms with van der Waals surface area (Å²) in [4.78, 5) is 31.2. The lowest BCUT2D eigenvalue weighted by Crippen LogP contribution is -2.43.